The van der Waals surface area contributed by atoms with E-state index in [4.69, 9.17) is 0 Å². The lowest BCUT2D eigenvalue weighted by atomic mass is 9.99. The molecule has 0 aliphatic rings. The number of phenolic OH excluding ortho intramolecular Hbond substituents is 1. The van der Waals surface area contributed by atoms with Crippen LogP contribution in [0.5, 0.6) is 5.75 Å². The van der Waals surface area contributed by atoms with Gasteiger partial charge in [0, 0.05) is 11.3 Å². The lowest BCUT2D eigenvalue weighted by Crippen LogP contribution is -2.13. The van der Waals surface area contributed by atoms with Gasteiger partial charge in [-0.15, -0.1) is 0 Å². The zero-order valence-electron chi connectivity index (χ0n) is 12.0. The molecule has 3 nitrogen and oxygen atoms in total. The molecule has 0 fully saturated rings. The van der Waals surface area contributed by atoms with E-state index >= 15 is 0 Å². The molecule has 1 amide bonds. The van der Waals surface area contributed by atoms with Crippen LogP contribution in [0.25, 0.3) is 0 Å². The molecule has 2 N–H and O–H groups in total. The van der Waals surface area contributed by atoms with E-state index in [2.05, 4.69) is 5.32 Å². The lowest BCUT2D eigenvalue weighted by molar-refractivity contribution is 0.102. The van der Waals surface area contributed by atoms with Gasteiger partial charge in [-0.2, -0.15) is 0 Å². The second-order valence-corrected chi connectivity index (χ2v) is 5.20. The topological polar surface area (TPSA) is 49.3 Å². The Balaban J connectivity index is 2.30. The summed E-state index contributed by atoms with van der Waals surface area (Å²) in [7, 11) is 0. The first kappa shape index (κ1) is 14.1. The van der Waals surface area contributed by atoms with Crippen molar-refractivity contribution in [2.75, 3.05) is 5.32 Å². The number of benzene rings is 2. The third-order valence-electron chi connectivity index (χ3n) is 3.28. The Kier molecular flexibility index (Phi) is 4.08. The third kappa shape index (κ3) is 2.99. The van der Waals surface area contributed by atoms with E-state index in [1.165, 1.54) is 0 Å². The van der Waals surface area contributed by atoms with Crippen molar-refractivity contribution in [2.24, 2.45) is 0 Å². The molecule has 2 aromatic rings. The minimum absolute atomic E-state index is 0.144. The van der Waals surface area contributed by atoms with Crippen LogP contribution < -0.4 is 5.32 Å². The number of phenols is 1. The first-order chi connectivity index (χ1) is 9.49. The predicted molar refractivity (Wildman–Crippen MR) is 81.3 cm³/mol. The van der Waals surface area contributed by atoms with Gasteiger partial charge in [0.05, 0.1) is 0 Å². The van der Waals surface area contributed by atoms with Gasteiger partial charge in [0.2, 0.25) is 0 Å². The summed E-state index contributed by atoms with van der Waals surface area (Å²) in [5, 5.41) is 12.8. The summed E-state index contributed by atoms with van der Waals surface area (Å²) in [6.07, 6.45) is 0. The maximum absolute atomic E-state index is 12.2. The van der Waals surface area contributed by atoms with Crippen LogP contribution in [0.4, 0.5) is 5.69 Å². The Hall–Kier alpha value is -2.29. The number of aryl methyl sites for hydroxylation is 1. The minimum atomic E-state index is -0.144. The Morgan fingerprint density at radius 2 is 1.80 bits per heavy atom. The van der Waals surface area contributed by atoms with Gasteiger partial charge >= 0.3 is 0 Å². The molecule has 104 valence electrons. The standard InChI is InChI=1S/C17H19NO2/c1-11(2)14-10-15(12(3)9-16(14)19)18-17(20)13-7-5-4-6-8-13/h4-11,19H,1-3H3,(H,18,20). The summed E-state index contributed by atoms with van der Waals surface area (Å²) < 4.78 is 0. The summed E-state index contributed by atoms with van der Waals surface area (Å²) in [6, 6.07) is 12.6. The quantitative estimate of drug-likeness (QED) is 0.825. The summed E-state index contributed by atoms with van der Waals surface area (Å²) >= 11 is 0. The van der Waals surface area contributed by atoms with Gasteiger partial charge in [0.15, 0.2) is 0 Å². The second-order valence-electron chi connectivity index (χ2n) is 5.20. The largest absolute Gasteiger partial charge is 0.508 e. The highest BCUT2D eigenvalue weighted by atomic mass is 16.3. The van der Waals surface area contributed by atoms with Gasteiger partial charge in [0.25, 0.3) is 5.91 Å². The van der Waals surface area contributed by atoms with E-state index in [1.54, 1.807) is 18.2 Å². The number of hydrogen-bond acceptors (Lipinski definition) is 2. The molecule has 0 radical (unpaired) electrons. The number of amides is 1. The van der Waals surface area contributed by atoms with Crippen LogP contribution in [-0.2, 0) is 0 Å². The number of carbonyl (C=O) groups excluding carboxylic acids is 1. The highest BCUT2D eigenvalue weighted by molar-refractivity contribution is 6.04. The molecule has 2 rings (SSSR count). The van der Waals surface area contributed by atoms with Gasteiger partial charge < -0.3 is 10.4 Å². The number of aromatic hydroxyl groups is 1. The molecule has 0 aromatic heterocycles. The zero-order valence-corrected chi connectivity index (χ0v) is 12.0. The van der Waals surface area contributed by atoms with Crippen LogP contribution in [0.3, 0.4) is 0 Å². The molecule has 3 heteroatoms. The molecule has 0 saturated heterocycles. The normalized spacial score (nSPS) is 10.6. The smallest absolute Gasteiger partial charge is 0.255 e. The summed E-state index contributed by atoms with van der Waals surface area (Å²) in [5.74, 6) is 0.326. The highest BCUT2D eigenvalue weighted by Crippen LogP contribution is 2.31. The average molecular weight is 269 g/mol. The van der Waals surface area contributed by atoms with Crippen molar-refractivity contribution in [1.29, 1.82) is 0 Å². The summed E-state index contributed by atoms with van der Waals surface area (Å²) in [4.78, 5) is 12.2. The summed E-state index contributed by atoms with van der Waals surface area (Å²) in [5.41, 5.74) is 3.03. The molecule has 2 aromatic carbocycles. The van der Waals surface area contributed by atoms with Crippen LogP contribution in [0, 0.1) is 6.92 Å². The van der Waals surface area contributed by atoms with Gasteiger partial charge in [-0.1, -0.05) is 32.0 Å². The Morgan fingerprint density at radius 3 is 2.40 bits per heavy atom. The van der Waals surface area contributed by atoms with Crippen LogP contribution in [0.2, 0.25) is 0 Å². The van der Waals surface area contributed by atoms with Crippen molar-refractivity contribution in [3.05, 3.63) is 59.2 Å². The first-order valence-electron chi connectivity index (χ1n) is 6.69. The molecule has 0 aliphatic carbocycles. The van der Waals surface area contributed by atoms with Gasteiger partial charge in [0.1, 0.15) is 5.75 Å². The molecular weight excluding hydrogens is 250 g/mol. The Morgan fingerprint density at radius 1 is 1.15 bits per heavy atom. The van der Waals surface area contributed by atoms with E-state index < -0.39 is 0 Å². The highest BCUT2D eigenvalue weighted by Gasteiger charge is 2.12. The van der Waals surface area contributed by atoms with E-state index in [9.17, 15) is 9.90 Å². The van der Waals surface area contributed by atoms with Crippen molar-refractivity contribution in [2.45, 2.75) is 26.7 Å². The molecule has 0 heterocycles. The fourth-order valence-corrected chi connectivity index (χ4v) is 2.09. The van der Waals surface area contributed by atoms with Crippen LogP contribution in [-0.4, -0.2) is 11.0 Å². The average Bonchev–Trinajstić information content (AvgIpc) is 2.42. The second kappa shape index (κ2) is 5.78. The van der Waals surface area contributed by atoms with Gasteiger partial charge in [-0.25, -0.2) is 0 Å². The van der Waals surface area contributed by atoms with Crippen molar-refractivity contribution < 1.29 is 9.90 Å². The minimum Gasteiger partial charge on any atom is -0.508 e. The van der Waals surface area contributed by atoms with Crippen LogP contribution >= 0.6 is 0 Å². The van der Waals surface area contributed by atoms with E-state index in [0.717, 1.165) is 16.8 Å². The molecule has 0 atom stereocenters. The number of rotatable bonds is 3. The molecule has 0 unspecified atom stereocenters. The Labute approximate surface area is 119 Å². The fourth-order valence-electron chi connectivity index (χ4n) is 2.09. The number of carbonyl (C=O) groups is 1. The molecule has 0 bridgehead atoms. The molecular formula is C17H19NO2. The fraction of sp³-hybridized carbons (Fsp3) is 0.235. The van der Waals surface area contributed by atoms with Crippen LogP contribution in [0.15, 0.2) is 42.5 Å². The Bertz CT molecular complexity index is 618. The molecule has 0 spiro atoms. The van der Waals surface area contributed by atoms with E-state index in [1.807, 2.05) is 45.0 Å². The number of nitrogens with one attached hydrogen (secondary N) is 1. The van der Waals surface area contributed by atoms with E-state index in [0.29, 0.717) is 5.56 Å². The monoisotopic (exact) mass is 269 g/mol. The summed E-state index contributed by atoms with van der Waals surface area (Å²) in [6.45, 7) is 5.88. The zero-order chi connectivity index (χ0) is 14.7. The molecule has 20 heavy (non-hydrogen) atoms. The lowest BCUT2D eigenvalue weighted by Gasteiger charge is -2.14. The van der Waals surface area contributed by atoms with Crippen molar-refractivity contribution in [3.63, 3.8) is 0 Å². The first-order valence-corrected chi connectivity index (χ1v) is 6.69. The SMILES string of the molecule is Cc1cc(O)c(C(C)C)cc1NC(=O)c1ccccc1. The van der Waals surface area contributed by atoms with Crippen molar-refractivity contribution >= 4 is 11.6 Å². The molecule has 0 aliphatic heterocycles. The van der Waals surface area contributed by atoms with E-state index in [-0.39, 0.29) is 17.6 Å². The predicted octanol–water partition coefficient (Wildman–Crippen LogP) is 4.08. The van der Waals surface area contributed by atoms with Crippen molar-refractivity contribution in [3.8, 4) is 5.75 Å². The third-order valence-corrected chi connectivity index (χ3v) is 3.28. The maximum atomic E-state index is 12.2. The van der Waals surface area contributed by atoms with Crippen LogP contribution in [0.1, 0.15) is 41.3 Å². The number of hydrogen-bond donors (Lipinski definition) is 2. The number of anilines is 1. The van der Waals surface area contributed by atoms with Crippen molar-refractivity contribution in [1.82, 2.24) is 0 Å². The molecule has 0 saturated carbocycles. The van der Waals surface area contributed by atoms with Gasteiger partial charge in [-0.3, -0.25) is 4.79 Å². The maximum Gasteiger partial charge on any atom is 0.255 e. The van der Waals surface area contributed by atoms with Gasteiger partial charge in [-0.05, 0) is 48.2 Å².